The Kier molecular flexibility index (Phi) is 5.08. The number of pyridine rings is 1. The Balaban J connectivity index is 2.02. The Hall–Kier alpha value is -2.34. The normalized spacial score (nSPS) is 15.6. The van der Waals surface area contributed by atoms with Gasteiger partial charge in [0.15, 0.2) is 0 Å². The third-order valence-corrected chi connectivity index (χ3v) is 4.97. The maximum atomic E-state index is 12.9. The van der Waals surface area contributed by atoms with Gasteiger partial charge in [-0.3, -0.25) is 9.59 Å². The van der Waals surface area contributed by atoms with Crippen molar-refractivity contribution in [3.05, 3.63) is 40.2 Å². The van der Waals surface area contributed by atoms with Crippen LogP contribution < -0.4 is 10.2 Å². The predicted molar refractivity (Wildman–Crippen MR) is 98.5 cm³/mol. The van der Waals surface area contributed by atoms with Gasteiger partial charge in [0.2, 0.25) is 5.43 Å². The second kappa shape index (κ2) is 7.27. The van der Waals surface area contributed by atoms with Crippen LogP contribution in [-0.4, -0.2) is 60.1 Å². The molecule has 1 amide bonds. The molecule has 1 saturated heterocycles. The molecule has 134 valence electrons. The number of fused-ring (bicyclic) bond motifs is 1. The monoisotopic (exact) mass is 343 g/mol. The number of aromatic nitrogens is 1. The van der Waals surface area contributed by atoms with Crippen LogP contribution in [0.3, 0.4) is 0 Å². The highest BCUT2D eigenvalue weighted by Gasteiger charge is 2.24. The van der Waals surface area contributed by atoms with Gasteiger partial charge in [0.1, 0.15) is 11.3 Å². The molecule has 0 atom stereocenters. The molecule has 6 heteroatoms. The Morgan fingerprint density at radius 2 is 1.84 bits per heavy atom. The van der Waals surface area contributed by atoms with Gasteiger partial charge >= 0.3 is 0 Å². The molecule has 1 aliphatic rings. The van der Waals surface area contributed by atoms with Crippen molar-refractivity contribution in [2.24, 2.45) is 0 Å². The SMILES string of the molecule is CCN1CCN(C(=O)c2cn(CC)c3ccc(OC)cc3c2=O)CC1. The van der Waals surface area contributed by atoms with Crippen molar-refractivity contribution in [2.75, 3.05) is 39.8 Å². The van der Waals surface area contributed by atoms with E-state index in [1.165, 1.54) is 0 Å². The van der Waals surface area contributed by atoms with E-state index in [1.807, 2.05) is 23.6 Å². The molecular weight excluding hydrogens is 318 g/mol. The van der Waals surface area contributed by atoms with Gasteiger partial charge < -0.3 is 19.1 Å². The van der Waals surface area contributed by atoms with E-state index in [0.29, 0.717) is 30.8 Å². The predicted octanol–water partition coefficient (Wildman–Crippen LogP) is 1.81. The molecule has 6 nitrogen and oxygen atoms in total. The summed E-state index contributed by atoms with van der Waals surface area (Å²) in [6.45, 7) is 8.82. The highest BCUT2D eigenvalue weighted by Crippen LogP contribution is 2.20. The number of hydrogen-bond acceptors (Lipinski definition) is 4. The highest BCUT2D eigenvalue weighted by molar-refractivity contribution is 5.97. The number of amides is 1. The molecule has 3 rings (SSSR count). The van der Waals surface area contributed by atoms with Gasteiger partial charge in [-0.15, -0.1) is 0 Å². The molecule has 1 fully saturated rings. The zero-order valence-electron chi connectivity index (χ0n) is 15.1. The van der Waals surface area contributed by atoms with Gasteiger partial charge in [-0.05, 0) is 31.7 Å². The van der Waals surface area contributed by atoms with Crippen molar-refractivity contribution in [1.82, 2.24) is 14.4 Å². The molecule has 0 unspecified atom stereocenters. The molecule has 2 aromatic rings. The summed E-state index contributed by atoms with van der Waals surface area (Å²) in [5.74, 6) is 0.445. The number of hydrogen-bond donors (Lipinski definition) is 0. The summed E-state index contributed by atoms with van der Waals surface area (Å²) in [7, 11) is 1.57. The molecular formula is C19H25N3O3. The van der Waals surface area contributed by atoms with Crippen LogP contribution >= 0.6 is 0 Å². The lowest BCUT2D eigenvalue weighted by Crippen LogP contribution is -2.49. The van der Waals surface area contributed by atoms with E-state index in [0.717, 1.165) is 25.2 Å². The van der Waals surface area contributed by atoms with Crippen LogP contribution in [-0.2, 0) is 6.54 Å². The molecule has 1 aromatic carbocycles. The third-order valence-electron chi connectivity index (χ3n) is 4.97. The molecule has 0 bridgehead atoms. The van der Waals surface area contributed by atoms with Crippen LogP contribution in [0.15, 0.2) is 29.2 Å². The minimum absolute atomic E-state index is 0.173. The number of methoxy groups -OCH3 is 1. The minimum atomic E-state index is -0.221. The van der Waals surface area contributed by atoms with Crippen LogP contribution in [0.5, 0.6) is 5.75 Å². The third kappa shape index (κ3) is 3.26. The van der Waals surface area contributed by atoms with Crippen LogP contribution in [0.4, 0.5) is 0 Å². The van der Waals surface area contributed by atoms with E-state index in [-0.39, 0.29) is 16.9 Å². The van der Waals surface area contributed by atoms with Crippen molar-refractivity contribution in [3.63, 3.8) is 0 Å². The van der Waals surface area contributed by atoms with Gasteiger partial charge in [0.25, 0.3) is 5.91 Å². The summed E-state index contributed by atoms with van der Waals surface area (Å²) < 4.78 is 7.19. The average molecular weight is 343 g/mol. The van der Waals surface area contributed by atoms with Gasteiger partial charge in [-0.1, -0.05) is 6.92 Å². The van der Waals surface area contributed by atoms with Crippen molar-refractivity contribution in [1.29, 1.82) is 0 Å². The number of carbonyl (C=O) groups excluding carboxylic acids is 1. The van der Waals surface area contributed by atoms with Gasteiger partial charge in [-0.25, -0.2) is 0 Å². The summed E-state index contributed by atoms with van der Waals surface area (Å²) >= 11 is 0. The molecule has 0 N–H and O–H groups in total. The van der Waals surface area contributed by atoms with Gasteiger partial charge in [0.05, 0.1) is 18.0 Å². The van der Waals surface area contributed by atoms with Crippen LogP contribution in [0, 0.1) is 0 Å². The summed E-state index contributed by atoms with van der Waals surface area (Å²) in [6.07, 6.45) is 1.70. The largest absolute Gasteiger partial charge is 0.497 e. The molecule has 25 heavy (non-hydrogen) atoms. The van der Waals surface area contributed by atoms with Crippen LogP contribution in [0.1, 0.15) is 24.2 Å². The zero-order valence-corrected chi connectivity index (χ0v) is 15.1. The number of carbonyl (C=O) groups is 1. The Labute approximate surface area is 147 Å². The van der Waals surface area contributed by atoms with Gasteiger partial charge in [-0.2, -0.15) is 0 Å². The second-order valence-corrected chi connectivity index (χ2v) is 6.27. The highest BCUT2D eigenvalue weighted by atomic mass is 16.5. The number of rotatable bonds is 4. The summed E-state index contributed by atoms with van der Waals surface area (Å²) in [4.78, 5) is 30.0. The number of likely N-dealkylation sites (N-methyl/N-ethyl adjacent to an activating group) is 1. The van der Waals surface area contributed by atoms with E-state index in [1.54, 1.807) is 24.3 Å². The zero-order chi connectivity index (χ0) is 18.0. The fourth-order valence-corrected chi connectivity index (χ4v) is 3.36. The lowest BCUT2D eigenvalue weighted by atomic mass is 10.1. The first-order valence-electron chi connectivity index (χ1n) is 8.81. The van der Waals surface area contributed by atoms with Crippen molar-refractivity contribution in [2.45, 2.75) is 20.4 Å². The minimum Gasteiger partial charge on any atom is -0.497 e. The number of ether oxygens (including phenoxy) is 1. The Morgan fingerprint density at radius 1 is 1.12 bits per heavy atom. The lowest BCUT2D eigenvalue weighted by Gasteiger charge is -2.34. The van der Waals surface area contributed by atoms with E-state index >= 15 is 0 Å². The quantitative estimate of drug-likeness (QED) is 0.850. The molecule has 1 aliphatic heterocycles. The van der Waals surface area contributed by atoms with E-state index < -0.39 is 0 Å². The van der Waals surface area contributed by atoms with E-state index in [9.17, 15) is 9.59 Å². The maximum Gasteiger partial charge on any atom is 0.259 e. The molecule has 0 aliphatic carbocycles. The first kappa shape index (κ1) is 17.5. The molecule has 0 radical (unpaired) electrons. The van der Waals surface area contributed by atoms with Crippen molar-refractivity contribution >= 4 is 16.8 Å². The fraction of sp³-hybridized carbons (Fsp3) is 0.474. The molecule has 0 spiro atoms. The topological polar surface area (TPSA) is 54.8 Å². The summed E-state index contributed by atoms with van der Waals surface area (Å²) in [6, 6.07) is 5.42. The first-order valence-corrected chi connectivity index (χ1v) is 8.81. The van der Waals surface area contributed by atoms with Crippen molar-refractivity contribution in [3.8, 4) is 5.75 Å². The second-order valence-electron chi connectivity index (χ2n) is 6.27. The fourth-order valence-electron chi connectivity index (χ4n) is 3.36. The molecule has 2 heterocycles. The Bertz CT molecular complexity index is 836. The summed E-state index contributed by atoms with van der Waals surface area (Å²) in [5, 5.41) is 0.527. The first-order chi connectivity index (χ1) is 12.1. The number of piperazine rings is 1. The number of benzene rings is 1. The van der Waals surface area contributed by atoms with Crippen LogP contribution in [0.25, 0.3) is 10.9 Å². The molecule has 1 aromatic heterocycles. The number of nitrogens with zero attached hydrogens (tertiary/aromatic N) is 3. The van der Waals surface area contributed by atoms with Crippen molar-refractivity contribution < 1.29 is 9.53 Å². The van der Waals surface area contributed by atoms with Gasteiger partial charge in [0, 0.05) is 38.9 Å². The standard InChI is InChI=1S/C19H25N3O3/c1-4-20-8-10-22(11-9-20)19(24)16-13-21(5-2)17-7-6-14(25-3)12-15(17)18(16)23/h6-7,12-13H,4-5,8-11H2,1-3H3. The van der Waals surface area contributed by atoms with Crippen LogP contribution in [0.2, 0.25) is 0 Å². The average Bonchev–Trinajstić information content (AvgIpc) is 2.67. The Morgan fingerprint density at radius 3 is 2.44 bits per heavy atom. The smallest absolute Gasteiger partial charge is 0.259 e. The summed E-state index contributed by atoms with van der Waals surface area (Å²) in [5.41, 5.74) is 0.842. The molecule has 0 saturated carbocycles. The lowest BCUT2D eigenvalue weighted by molar-refractivity contribution is 0.0641. The maximum absolute atomic E-state index is 12.9. The van der Waals surface area contributed by atoms with E-state index in [4.69, 9.17) is 4.74 Å². The number of aryl methyl sites for hydroxylation is 1. The van der Waals surface area contributed by atoms with E-state index in [2.05, 4.69) is 11.8 Å².